The van der Waals surface area contributed by atoms with Gasteiger partial charge in [-0.25, -0.2) is 8.78 Å². The second kappa shape index (κ2) is 2.73. The number of halogens is 2. The number of carbonyl (C=O) groups is 1. The average molecular weight is 202 g/mol. The van der Waals surface area contributed by atoms with Gasteiger partial charge in [-0.3, -0.25) is 4.79 Å². The molecule has 0 aromatic carbocycles. The third kappa shape index (κ3) is 1.45. The van der Waals surface area contributed by atoms with Gasteiger partial charge >= 0.3 is 0 Å². The molecule has 0 bridgehead atoms. The molecule has 0 aliphatic heterocycles. The summed E-state index contributed by atoms with van der Waals surface area (Å²) in [5, 5.41) is 7.39. The lowest BCUT2D eigenvalue weighted by molar-refractivity contribution is -0.110. The average Bonchev–Trinajstić information content (AvgIpc) is 2.47. The number of nitrogens with two attached hydrogens (primary N) is 1. The van der Waals surface area contributed by atoms with E-state index in [1.54, 1.807) is 0 Å². The second-order valence-electron chi connectivity index (χ2n) is 3.33. The van der Waals surface area contributed by atoms with E-state index in [2.05, 4.69) is 10.2 Å². The first-order chi connectivity index (χ1) is 6.48. The quantitative estimate of drug-likeness (QED) is 0.751. The van der Waals surface area contributed by atoms with Crippen LogP contribution in [0.3, 0.4) is 0 Å². The monoisotopic (exact) mass is 202 g/mol. The number of amides is 1. The van der Waals surface area contributed by atoms with Crippen LogP contribution in [0.4, 0.5) is 8.78 Å². The summed E-state index contributed by atoms with van der Waals surface area (Å²) >= 11 is 0. The molecular weight excluding hydrogens is 194 g/mol. The van der Waals surface area contributed by atoms with Gasteiger partial charge < -0.3 is 5.73 Å². The van der Waals surface area contributed by atoms with Crippen molar-refractivity contribution in [2.24, 2.45) is 5.73 Å². The van der Waals surface area contributed by atoms with Crippen LogP contribution >= 0.6 is 0 Å². The van der Waals surface area contributed by atoms with Crippen molar-refractivity contribution in [3.63, 3.8) is 0 Å². The second-order valence-corrected chi connectivity index (χ2v) is 3.33. The maximum atomic E-state index is 12.5. The van der Waals surface area contributed by atoms with Gasteiger partial charge in [-0.1, -0.05) is 0 Å². The van der Waals surface area contributed by atoms with Gasteiger partial charge in [0.1, 0.15) is 0 Å². The molecule has 1 aliphatic rings. The lowest BCUT2D eigenvalue weighted by Gasteiger charge is -2.33. The van der Waals surface area contributed by atoms with Crippen LogP contribution in [-0.2, 0) is 0 Å². The maximum absolute atomic E-state index is 12.5. The van der Waals surface area contributed by atoms with Crippen molar-refractivity contribution in [2.45, 2.75) is 24.8 Å². The summed E-state index contributed by atoms with van der Waals surface area (Å²) in [5.74, 6) is -3.33. The highest BCUT2D eigenvalue weighted by Gasteiger charge is 2.47. The predicted octanol–water partition coefficient (Wildman–Crippen LogP) is 0.347. The standard InChI is InChI=1S/C7H8F2N4O/c8-7(9)1-4(2-7)13-11-3-5(12-13)6(10)14/h3-4H,1-2H2,(H2,10,14). The molecule has 0 saturated heterocycles. The largest absolute Gasteiger partial charge is 0.364 e. The normalized spacial score (nSPS) is 20.4. The zero-order valence-corrected chi connectivity index (χ0v) is 7.15. The highest BCUT2D eigenvalue weighted by Crippen LogP contribution is 2.44. The van der Waals surface area contributed by atoms with Crippen molar-refractivity contribution in [1.82, 2.24) is 15.0 Å². The van der Waals surface area contributed by atoms with E-state index in [1.165, 1.54) is 6.20 Å². The number of carbonyl (C=O) groups excluding carboxylic acids is 1. The predicted molar refractivity (Wildman–Crippen MR) is 41.8 cm³/mol. The molecule has 0 atom stereocenters. The zero-order valence-electron chi connectivity index (χ0n) is 7.15. The van der Waals surface area contributed by atoms with Crippen LogP contribution in [0.15, 0.2) is 6.20 Å². The van der Waals surface area contributed by atoms with Gasteiger partial charge in [-0.15, -0.1) is 5.10 Å². The summed E-state index contributed by atoms with van der Waals surface area (Å²) in [4.78, 5) is 11.8. The van der Waals surface area contributed by atoms with Crippen molar-refractivity contribution >= 4 is 5.91 Å². The molecular formula is C7H8F2N4O. The van der Waals surface area contributed by atoms with Crippen molar-refractivity contribution in [1.29, 1.82) is 0 Å². The SMILES string of the molecule is NC(=O)c1cnn(C2CC(F)(F)C2)n1. The minimum atomic E-state index is -2.62. The number of alkyl halides is 2. The minimum Gasteiger partial charge on any atom is -0.364 e. The third-order valence-electron chi connectivity index (χ3n) is 2.16. The Labute approximate surface area is 77.9 Å². The van der Waals surface area contributed by atoms with E-state index >= 15 is 0 Å². The lowest BCUT2D eigenvalue weighted by Crippen LogP contribution is -2.38. The van der Waals surface area contributed by atoms with Crippen molar-refractivity contribution < 1.29 is 13.6 Å². The molecule has 1 aliphatic carbocycles. The molecule has 1 amide bonds. The van der Waals surface area contributed by atoms with E-state index < -0.39 is 17.9 Å². The fourth-order valence-corrected chi connectivity index (χ4v) is 1.36. The molecule has 14 heavy (non-hydrogen) atoms. The molecule has 0 unspecified atom stereocenters. The Morgan fingerprint density at radius 1 is 1.64 bits per heavy atom. The van der Waals surface area contributed by atoms with E-state index in [-0.39, 0.29) is 18.5 Å². The smallest absolute Gasteiger partial charge is 0.270 e. The molecule has 1 aromatic rings. The Kier molecular flexibility index (Phi) is 1.76. The van der Waals surface area contributed by atoms with E-state index in [1.807, 2.05) is 0 Å². The molecule has 0 radical (unpaired) electrons. The summed E-state index contributed by atoms with van der Waals surface area (Å²) < 4.78 is 25.0. The van der Waals surface area contributed by atoms with E-state index in [0.717, 1.165) is 4.80 Å². The number of nitrogens with zero attached hydrogens (tertiary/aromatic N) is 3. The van der Waals surface area contributed by atoms with Gasteiger partial charge in [-0.2, -0.15) is 9.90 Å². The summed E-state index contributed by atoms with van der Waals surface area (Å²) in [6.45, 7) is 0. The Morgan fingerprint density at radius 2 is 2.29 bits per heavy atom. The zero-order chi connectivity index (χ0) is 10.3. The number of aromatic nitrogens is 3. The Hall–Kier alpha value is -1.53. The van der Waals surface area contributed by atoms with Crippen LogP contribution in [0.25, 0.3) is 0 Å². The van der Waals surface area contributed by atoms with Crippen LogP contribution in [0, 0.1) is 0 Å². The van der Waals surface area contributed by atoms with Gasteiger partial charge in [0, 0.05) is 12.8 Å². The first-order valence-electron chi connectivity index (χ1n) is 4.07. The molecule has 7 heteroatoms. The van der Waals surface area contributed by atoms with Crippen molar-refractivity contribution in [3.05, 3.63) is 11.9 Å². The molecule has 2 rings (SSSR count). The van der Waals surface area contributed by atoms with Crippen molar-refractivity contribution in [3.8, 4) is 0 Å². The summed E-state index contributed by atoms with van der Waals surface area (Å²) in [6, 6.07) is -0.418. The number of rotatable bonds is 2. The van der Waals surface area contributed by atoms with E-state index in [4.69, 9.17) is 5.73 Å². The third-order valence-corrected chi connectivity index (χ3v) is 2.16. The van der Waals surface area contributed by atoms with Gasteiger partial charge in [0.15, 0.2) is 5.69 Å². The highest BCUT2D eigenvalue weighted by molar-refractivity contribution is 5.90. The van der Waals surface area contributed by atoms with Gasteiger partial charge in [0.05, 0.1) is 12.2 Å². The molecule has 1 saturated carbocycles. The van der Waals surface area contributed by atoms with Gasteiger partial charge in [-0.05, 0) is 0 Å². The lowest BCUT2D eigenvalue weighted by atomic mass is 9.89. The molecule has 2 N–H and O–H groups in total. The minimum absolute atomic E-state index is 0.000200. The fraction of sp³-hybridized carbons (Fsp3) is 0.571. The van der Waals surface area contributed by atoms with E-state index in [9.17, 15) is 13.6 Å². The topological polar surface area (TPSA) is 73.8 Å². The van der Waals surface area contributed by atoms with Crippen molar-refractivity contribution in [2.75, 3.05) is 0 Å². The van der Waals surface area contributed by atoms with Crippen LogP contribution < -0.4 is 5.73 Å². The van der Waals surface area contributed by atoms with Crippen LogP contribution in [-0.4, -0.2) is 26.8 Å². The van der Waals surface area contributed by atoms with E-state index in [0.29, 0.717) is 0 Å². The van der Waals surface area contributed by atoms with Crippen LogP contribution in [0.5, 0.6) is 0 Å². The number of hydrogen-bond donors (Lipinski definition) is 1. The van der Waals surface area contributed by atoms with Crippen LogP contribution in [0.2, 0.25) is 0 Å². The summed E-state index contributed by atoms with van der Waals surface area (Å²) in [7, 11) is 0. The number of primary amides is 1. The molecule has 5 nitrogen and oxygen atoms in total. The first-order valence-corrected chi connectivity index (χ1v) is 4.07. The van der Waals surface area contributed by atoms with Gasteiger partial charge in [0.25, 0.3) is 11.8 Å². The van der Waals surface area contributed by atoms with Crippen LogP contribution in [0.1, 0.15) is 29.4 Å². The molecule has 1 heterocycles. The Balaban J connectivity index is 2.08. The first kappa shape index (κ1) is 9.04. The maximum Gasteiger partial charge on any atom is 0.270 e. The molecule has 76 valence electrons. The highest BCUT2D eigenvalue weighted by atomic mass is 19.3. The summed E-state index contributed by atoms with van der Waals surface area (Å²) in [5.41, 5.74) is 4.94. The fourth-order valence-electron chi connectivity index (χ4n) is 1.36. The molecule has 1 aromatic heterocycles. The molecule has 0 spiro atoms. The molecule has 1 fully saturated rings. The van der Waals surface area contributed by atoms with Gasteiger partial charge in [0.2, 0.25) is 0 Å². The Morgan fingerprint density at radius 3 is 2.71 bits per heavy atom. The number of hydrogen-bond acceptors (Lipinski definition) is 3. The summed E-state index contributed by atoms with van der Waals surface area (Å²) in [6.07, 6.45) is 0.624. The Bertz CT molecular complexity index is 368.